The Hall–Kier alpha value is -0.770. The minimum Gasteiger partial charge on any atom is -0.442 e. The summed E-state index contributed by atoms with van der Waals surface area (Å²) >= 11 is 0. The largest absolute Gasteiger partial charge is 0.442 e. The van der Waals surface area contributed by atoms with Crippen LogP contribution in [-0.2, 0) is 4.74 Å². The van der Waals surface area contributed by atoms with Crippen molar-refractivity contribution >= 4 is 6.09 Å². The first-order chi connectivity index (χ1) is 6.37. The molecule has 82 valence electrons. The molecule has 1 rings (SSSR count). The van der Waals surface area contributed by atoms with E-state index in [1.807, 2.05) is 27.8 Å². The van der Waals surface area contributed by atoms with E-state index in [1.54, 1.807) is 0 Å². The van der Waals surface area contributed by atoms with Gasteiger partial charge in [0.15, 0.2) is 0 Å². The summed E-state index contributed by atoms with van der Waals surface area (Å²) < 4.78 is 5.35. The third-order valence-corrected chi connectivity index (χ3v) is 2.09. The number of hydrogen-bond donors (Lipinski definition) is 2. The van der Waals surface area contributed by atoms with Crippen LogP contribution in [0.1, 0.15) is 33.6 Å². The second kappa shape index (κ2) is 3.77. The zero-order valence-electron chi connectivity index (χ0n) is 9.44. The van der Waals surface area contributed by atoms with Gasteiger partial charge in [-0.1, -0.05) is 0 Å². The van der Waals surface area contributed by atoms with E-state index >= 15 is 0 Å². The smallest absolute Gasteiger partial charge is 0.408 e. The fraction of sp³-hybridized carbons (Fsp3) is 0.900. The molecule has 0 radical (unpaired) electrons. The number of amides is 1. The maximum Gasteiger partial charge on any atom is 0.408 e. The van der Waals surface area contributed by atoms with E-state index in [9.17, 15) is 4.79 Å². The zero-order valence-corrected chi connectivity index (χ0v) is 9.44. The highest BCUT2D eigenvalue weighted by Crippen LogP contribution is 2.38. The lowest BCUT2D eigenvalue weighted by molar-refractivity contribution is 0.0775. The molecule has 2 N–H and O–H groups in total. The van der Waals surface area contributed by atoms with Gasteiger partial charge in [0, 0.05) is 12.1 Å². The summed E-state index contributed by atoms with van der Waals surface area (Å²) in [5.41, 5.74) is -0.461. The van der Waals surface area contributed by atoms with Crippen molar-refractivity contribution in [3.63, 3.8) is 0 Å². The van der Waals surface area contributed by atoms with Crippen LogP contribution in [0.5, 0.6) is 0 Å². The van der Waals surface area contributed by atoms with Crippen LogP contribution < -0.4 is 10.6 Å². The minimum absolute atomic E-state index is 0.229. The molecule has 0 heterocycles. The molecule has 1 aliphatic carbocycles. The quantitative estimate of drug-likeness (QED) is 0.721. The van der Waals surface area contributed by atoms with Gasteiger partial charge in [-0.05, 0) is 40.7 Å². The van der Waals surface area contributed by atoms with E-state index < -0.39 is 0 Å². The summed E-state index contributed by atoms with van der Waals surface area (Å²) in [6.07, 6.45) is 1.61. The van der Waals surface area contributed by atoms with Crippen molar-refractivity contribution < 1.29 is 9.53 Å². The Morgan fingerprint density at radius 2 is 2.00 bits per heavy atom. The molecule has 0 aromatic heterocycles. The Morgan fingerprint density at radius 1 is 1.43 bits per heavy atom. The Morgan fingerprint density at radius 3 is 2.36 bits per heavy atom. The average molecular weight is 200 g/mol. The number of ether oxygens (including phenoxy) is 1. The zero-order chi connectivity index (χ0) is 10.8. The second-order valence-corrected chi connectivity index (χ2v) is 4.98. The molecule has 0 spiro atoms. The first-order valence-corrected chi connectivity index (χ1v) is 5.03. The number of rotatable bonds is 3. The number of likely N-dealkylation sites (N-methyl/N-ethyl adjacent to an activating group) is 1. The van der Waals surface area contributed by atoms with Crippen molar-refractivity contribution in [3.8, 4) is 0 Å². The highest BCUT2D eigenvalue weighted by atomic mass is 16.6. The van der Waals surface area contributed by atoms with Gasteiger partial charge in [0.25, 0.3) is 0 Å². The lowest BCUT2D eigenvalue weighted by Gasteiger charge is -2.23. The second-order valence-electron chi connectivity index (χ2n) is 4.98. The predicted molar refractivity (Wildman–Crippen MR) is 55.3 cm³/mol. The molecule has 4 nitrogen and oxygen atoms in total. The summed E-state index contributed by atoms with van der Waals surface area (Å²) in [5.74, 6) is 0. The number of carbonyl (C=O) groups is 1. The summed E-state index contributed by atoms with van der Waals surface area (Å²) in [7, 11) is 1.87. The standard InChI is InChI=1S/C10H20N2O2/c1-9(2,3)12-8(13)14-10(5-6-10)7-11-4/h11H,5-7H2,1-4H3,(H,12,13). The fourth-order valence-corrected chi connectivity index (χ4v) is 1.30. The Kier molecular flexibility index (Phi) is 3.04. The third-order valence-electron chi connectivity index (χ3n) is 2.09. The summed E-state index contributed by atoms with van der Waals surface area (Å²) in [5, 5.41) is 5.82. The monoisotopic (exact) mass is 200 g/mol. The van der Waals surface area contributed by atoms with Crippen LogP contribution >= 0.6 is 0 Å². The Balaban J connectivity index is 2.34. The molecular weight excluding hydrogens is 180 g/mol. The van der Waals surface area contributed by atoms with Crippen LogP contribution in [0.25, 0.3) is 0 Å². The van der Waals surface area contributed by atoms with Gasteiger partial charge >= 0.3 is 6.09 Å². The van der Waals surface area contributed by atoms with Gasteiger partial charge in [-0.2, -0.15) is 0 Å². The van der Waals surface area contributed by atoms with Crippen molar-refractivity contribution in [1.82, 2.24) is 10.6 Å². The number of alkyl carbamates (subject to hydrolysis) is 1. The predicted octanol–water partition coefficient (Wildman–Crippen LogP) is 1.26. The van der Waals surface area contributed by atoms with E-state index in [1.165, 1.54) is 0 Å². The van der Waals surface area contributed by atoms with E-state index in [4.69, 9.17) is 4.74 Å². The van der Waals surface area contributed by atoms with Crippen LogP contribution in [0.3, 0.4) is 0 Å². The normalized spacial score (nSPS) is 18.9. The molecule has 1 aliphatic rings. The van der Waals surface area contributed by atoms with Crippen LogP contribution in [0, 0.1) is 0 Å². The third kappa shape index (κ3) is 3.54. The maximum absolute atomic E-state index is 11.4. The van der Waals surface area contributed by atoms with Crippen molar-refractivity contribution in [2.45, 2.75) is 44.8 Å². The molecule has 0 bridgehead atoms. The SMILES string of the molecule is CNCC1(OC(=O)NC(C)(C)C)CC1. The molecule has 4 heteroatoms. The summed E-state index contributed by atoms with van der Waals surface area (Å²) in [6.45, 7) is 6.55. The molecule has 0 atom stereocenters. The summed E-state index contributed by atoms with van der Waals surface area (Å²) in [6, 6.07) is 0. The number of nitrogens with one attached hydrogen (secondary N) is 2. The van der Waals surface area contributed by atoms with Crippen molar-refractivity contribution in [2.75, 3.05) is 13.6 Å². The lowest BCUT2D eigenvalue weighted by Crippen LogP contribution is -2.44. The molecule has 0 aromatic rings. The van der Waals surface area contributed by atoms with Gasteiger partial charge in [0.05, 0.1) is 0 Å². The molecular formula is C10H20N2O2. The van der Waals surface area contributed by atoms with Crippen LogP contribution in [0.15, 0.2) is 0 Å². The average Bonchev–Trinajstić information content (AvgIpc) is 2.64. The molecule has 0 aliphatic heterocycles. The fourth-order valence-electron chi connectivity index (χ4n) is 1.30. The van der Waals surface area contributed by atoms with E-state index in [2.05, 4.69) is 10.6 Å². The molecule has 1 amide bonds. The van der Waals surface area contributed by atoms with Gasteiger partial charge < -0.3 is 15.4 Å². The molecule has 0 unspecified atom stereocenters. The molecule has 1 fully saturated rings. The van der Waals surface area contributed by atoms with Crippen molar-refractivity contribution in [2.24, 2.45) is 0 Å². The number of hydrogen-bond acceptors (Lipinski definition) is 3. The van der Waals surface area contributed by atoms with Gasteiger partial charge in [0.2, 0.25) is 0 Å². The van der Waals surface area contributed by atoms with Crippen LogP contribution in [0.2, 0.25) is 0 Å². The lowest BCUT2D eigenvalue weighted by atomic mass is 10.1. The van der Waals surface area contributed by atoms with E-state index in [-0.39, 0.29) is 17.2 Å². The Bertz CT molecular complexity index is 217. The minimum atomic E-state index is -0.315. The van der Waals surface area contributed by atoms with Crippen molar-refractivity contribution in [3.05, 3.63) is 0 Å². The van der Waals surface area contributed by atoms with Crippen LogP contribution in [-0.4, -0.2) is 30.8 Å². The Labute approximate surface area is 85.4 Å². The molecule has 0 saturated heterocycles. The van der Waals surface area contributed by atoms with Gasteiger partial charge in [0.1, 0.15) is 5.60 Å². The van der Waals surface area contributed by atoms with E-state index in [0.29, 0.717) is 0 Å². The first kappa shape index (κ1) is 11.3. The maximum atomic E-state index is 11.4. The topological polar surface area (TPSA) is 50.4 Å². The molecule has 14 heavy (non-hydrogen) atoms. The van der Waals surface area contributed by atoms with Gasteiger partial charge in [-0.25, -0.2) is 4.79 Å². The highest BCUT2D eigenvalue weighted by Gasteiger charge is 2.46. The van der Waals surface area contributed by atoms with Gasteiger partial charge in [-0.15, -0.1) is 0 Å². The highest BCUT2D eigenvalue weighted by molar-refractivity contribution is 5.69. The molecule has 1 saturated carbocycles. The number of carbonyl (C=O) groups excluding carboxylic acids is 1. The van der Waals surface area contributed by atoms with Gasteiger partial charge in [-0.3, -0.25) is 0 Å². The summed E-state index contributed by atoms with van der Waals surface area (Å²) in [4.78, 5) is 11.4. The first-order valence-electron chi connectivity index (χ1n) is 5.03. The van der Waals surface area contributed by atoms with Crippen LogP contribution in [0.4, 0.5) is 4.79 Å². The molecule has 0 aromatic carbocycles. The van der Waals surface area contributed by atoms with Crippen molar-refractivity contribution in [1.29, 1.82) is 0 Å². The van der Waals surface area contributed by atoms with E-state index in [0.717, 1.165) is 19.4 Å².